The first-order valence-electron chi connectivity index (χ1n) is 8.38. The Labute approximate surface area is 144 Å². The molecule has 6 nitrogen and oxygen atoms in total. The monoisotopic (exact) mass is 336 g/mol. The lowest BCUT2D eigenvalue weighted by Gasteiger charge is -2.36. The Hall–Kier alpha value is -1.79. The number of ether oxygens (including phenoxy) is 3. The molecule has 0 bridgehead atoms. The lowest BCUT2D eigenvalue weighted by molar-refractivity contribution is -0.0897. The van der Waals surface area contributed by atoms with E-state index in [1.165, 1.54) is 0 Å². The zero-order valence-corrected chi connectivity index (χ0v) is 15.0. The van der Waals surface area contributed by atoms with Crippen molar-refractivity contribution in [1.29, 1.82) is 0 Å². The van der Waals surface area contributed by atoms with E-state index in [0.29, 0.717) is 26.2 Å². The van der Waals surface area contributed by atoms with Crippen LogP contribution in [-0.4, -0.2) is 62.6 Å². The van der Waals surface area contributed by atoms with Gasteiger partial charge in [-0.2, -0.15) is 0 Å². The van der Waals surface area contributed by atoms with E-state index >= 15 is 0 Å². The summed E-state index contributed by atoms with van der Waals surface area (Å²) in [6, 6.07) is 7.80. The molecule has 0 aliphatic carbocycles. The molecule has 3 unspecified atom stereocenters. The van der Waals surface area contributed by atoms with E-state index in [1.807, 2.05) is 45.0 Å². The summed E-state index contributed by atoms with van der Waals surface area (Å²) in [5.41, 5.74) is 1.15. The summed E-state index contributed by atoms with van der Waals surface area (Å²) < 4.78 is 16.7. The normalized spacial score (nSPS) is 22.1. The molecule has 1 saturated heterocycles. The van der Waals surface area contributed by atoms with E-state index < -0.39 is 0 Å². The number of aryl methyl sites for hydroxylation is 1. The van der Waals surface area contributed by atoms with Crippen LogP contribution in [0.1, 0.15) is 19.4 Å². The first-order valence-corrected chi connectivity index (χ1v) is 8.38. The van der Waals surface area contributed by atoms with E-state index in [2.05, 4.69) is 5.32 Å². The van der Waals surface area contributed by atoms with Crippen molar-refractivity contribution in [3.8, 4) is 5.75 Å². The van der Waals surface area contributed by atoms with Gasteiger partial charge in [0.2, 0.25) is 0 Å². The van der Waals surface area contributed by atoms with E-state index in [-0.39, 0.29) is 24.3 Å². The number of urea groups is 1. The number of hydrogen-bond acceptors (Lipinski definition) is 4. The molecule has 1 aromatic rings. The van der Waals surface area contributed by atoms with Crippen LogP contribution in [0.25, 0.3) is 0 Å². The summed E-state index contributed by atoms with van der Waals surface area (Å²) in [5.74, 6) is 0.817. The summed E-state index contributed by atoms with van der Waals surface area (Å²) in [4.78, 5) is 14.1. The van der Waals surface area contributed by atoms with Crippen molar-refractivity contribution >= 4 is 6.03 Å². The SMILES string of the molecule is COCC1CN(C(=O)NCC(C)Oc2cccc(C)c2)CC(C)O1. The third kappa shape index (κ3) is 5.69. The van der Waals surface area contributed by atoms with Gasteiger partial charge >= 0.3 is 6.03 Å². The van der Waals surface area contributed by atoms with Crippen LogP contribution in [0.4, 0.5) is 4.79 Å². The molecular weight excluding hydrogens is 308 g/mol. The van der Waals surface area contributed by atoms with Gasteiger partial charge in [-0.15, -0.1) is 0 Å². The van der Waals surface area contributed by atoms with Gasteiger partial charge in [-0.1, -0.05) is 12.1 Å². The van der Waals surface area contributed by atoms with Crippen molar-refractivity contribution in [2.45, 2.75) is 39.1 Å². The van der Waals surface area contributed by atoms with Gasteiger partial charge in [0, 0.05) is 13.7 Å². The van der Waals surface area contributed by atoms with Crippen LogP contribution < -0.4 is 10.1 Å². The minimum atomic E-state index is -0.107. The maximum absolute atomic E-state index is 12.4. The largest absolute Gasteiger partial charge is 0.489 e. The number of benzene rings is 1. The number of morpholine rings is 1. The van der Waals surface area contributed by atoms with Crippen LogP contribution in [-0.2, 0) is 9.47 Å². The second-order valence-corrected chi connectivity index (χ2v) is 6.36. The number of nitrogens with zero attached hydrogens (tertiary/aromatic N) is 1. The standard InChI is InChI=1S/C18H28N2O4/c1-13-6-5-7-16(8-13)23-14(2)9-19-18(21)20-10-15(3)24-17(11-20)12-22-4/h5-8,14-15,17H,9-12H2,1-4H3,(H,19,21). The molecular formula is C18H28N2O4. The molecule has 1 aliphatic heterocycles. The summed E-state index contributed by atoms with van der Waals surface area (Å²) in [6.45, 7) is 7.99. The lowest BCUT2D eigenvalue weighted by atomic mass is 10.2. The molecule has 1 heterocycles. The van der Waals surface area contributed by atoms with Crippen molar-refractivity contribution in [3.63, 3.8) is 0 Å². The molecule has 1 N–H and O–H groups in total. The second kappa shape index (κ2) is 8.89. The number of hydrogen-bond donors (Lipinski definition) is 1. The number of carbonyl (C=O) groups is 1. The molecule has 0 aromatic heterocycles. The smallest absolute Gasteiger partial charge is 0.317 e. The van der Waals surface area contributed by atoms with Gasteiger partial charge in [-0.05, 0) is 38.5 Å². The maximum Gasteiger partial charge on any atom is 0.317 e. The fourth-order valence-electron chi connectivity index (χ4n) is 2.79. The van der Waals surface area contributed by atoms with Crippen molar-refractivity contribution < 1.29 is 19.0 Å². The van der Waals surface area contributed by atoms with Gasteiger partial charge in [0.15, 0.2) is 0 Å². The van der Waals surface area contributed by atoms with Gasteiger partial charge < -0.3 is 24.4 Å². The Morgan fingerprint density at radius 1 is 1.46 bits per heavy atom. The highest BCUT2D eigenvalue weighted by Gasteiger charge is 2.28. The Morgan fingerprint density at radius 2 is 2.25 bits per heavy atom. The molecule has 1 aromatic carbocycles. The molecule has 1 aliphatic rings. The quantitative estimate of drug-likeness (QED) is 0.865. The van der Waals surface area contributed by atoms with Gasteiger partial charge in [-0.25, -0.2) is 4.79 Å². The highest BCUT2D eigenvalue weighted by atomic mass is 16.5. The Morgan fingerprint density at radius 3 is 2.96 bits per heavy atom. The number of amides is 2. The van der Waals surface area contributed by atoms with Crippen molar-refractivity contribution in [1.82, 2.24) is 10.2 Å². The Kier molecular flexibility index (Phi) is 6.87. The first kappa shape index (κ1) is 18.5. The van der Waals surface area contributed by atoms with Crippen LogP contribution in [0.5, 0.6) is 5.75 Å². The van der Waals surface area contributed by atoms with Crippen molar-refractivity contribution in [2.75, 3.05) is 33.4 Å². The van der Waals surface area contributed by atoms with Gasteiger partial charge in [-0.3, -0.25) is 0 Å². The van der Waals surface area contributed by atoms with Gasteiger partial charge in [0.1, 0.15) is 11.9 Å². The van der Waals surface area contributed by atoms with Crippen LogP contribution in [0, 0.1) is 6.92 Å². The third-order valence-electron chi connectivity index (χ3n) is 3.83. The number of methoxy groups -OCH3 is 1. The van der Waals surface area contributed by atoms with Crippen LogP contribution in [0.2, 0.25) is 0 Å². The van der Waals surface area contributed by atoms with Gasteiger partial charge in [0.05, 0.1) is 31.9 Å². The van der Waals surface area contributed by atoms with E-state index in [1.54, 1.807) is 12.0 Å². The molecule has 0 radical (unpaired) electrons. The maximum atomic E-state index is 12.4. The van der Waals surface area contributed by atoms with E-state index in [0.717, 1.165) is 11.3 Å². The predicted molar refractivity (Wildman–Crippen MR) is 92.5 cm³/mol. The average Bonchev–Trinajstić information content (AvgIpc) is 2.52. The van der Waals surface area contributed by atoms with Crippen LogP contribution in [0.15, 0.2) is 24.3 Å². The molecule has 1 fully saturated rings. The predicted octanol–water partition coefficient (Wildman–Crippen LogP) is 2.21. The number of nitrogens with one attached hydrogen (secondary N) is 1. The number of carbonyl (C=O) groups excluding carboxylic acids is 1. The zero-order chi connectivity index (χ0) is 17.5. The summed E-state index contributed by atoms with van der Waals surface area (Å²) in [6.07, 6.45) is -0.180. The minimum absolute atomic E-state index is 0.00520. The molecule has 0 saturated carbocycles. The molecule has 0 spiro atoms. The molecule has 3 atom stereocenters. The highest BCUT2D eigenvalue weighted by Crippen LogP contribution is 2.14. The van der Waals surface area contributed by atoms with E-state index in [4.69, 9.17) is 14.2 Å². The molecule has 24 heavy (non-hydrogen) atoms. The van der Waals surface area contributed by atoms with Crippen LogP contribution in [0.3, 0.4) is 0 Å². The van der Waals surface area contributed by atoms with E-state index in [9.17, 15) is 4.79 Å². The molecule has 2 rings (SSSR count). The fourth-order valence-corrected chi connectivity index (χ4v) is 2.79. The second-order valence-electron chi connectivity index (χ2n) is 6.36. The third-order valence-corrected chi connectivity index (χ3v) is 3.83. The lowest BCUT2D eigenvalue weighted by Crippen LogP contribution is -2.54. The zero-order valence-electron chi connectivity index (χ0n) is 15.0. The highest BCUT2D eigenvalue weighted by molar-refractivity contribution is 5.74. The molecule has 134 valence electrons. The van der Waals surface area contributed by atoms with Gasteiger partial charge in [0.25, 0.3) is 0 Å². The Bertz CT molecular complexity index is 538. The molecule has 2 amide bonds. The summed E-state index contributed by atoms with van der Waals surface area (Å²) in [5, 5.41) is 2.94. The topological polar surface area (TPSA) is 60.0 Å². The number of rotatable bonds is 6. The van der Waals surface area contributed by atoms with Crippen molar-refractivity contribution in [2.24, 2.45) is 0 Å². The minimum Gasteiger partial charge on any atom is -0.489 e. The fraction of sp³-hybridized carbons (Fsp3) is 0.611. The summed E-state index contributed by atoms with van der Waals surface area (Å²) >= 11 is 0. The van der Waals surface area contributed by atoms with Crippen molar-refractivity contribution in [3.05, 3.63) is 29.8 Å². The summed E-state index contributed by atoms with van der Waals surface area (Å²) in [7, 11) is 1.64. The Balaban J connectivity index is 1.79. The average molecular weight is 336 g/mol. The van der Waals surface area contributed by atoms with Crippen LogP contribution >= 0.6 is 0 Å². The first-order chi connectivity index (χ1) is 11.5. The molecule has 6 heteroatoms.